The lowest BCUT2D eigenvalue weighted by Crippen LogP contribution is -2.49. The highest BCUT2D eigenvalue weighted by atomic mass is 19.1. The molecule has 2 heterocycles. The van der Waals surface area contributed by atoms with Gasteiger partial charge in [-0.2, -0.15) is 0 Å². The van der Waals surface area contributed by atoms with Crippen LogP contribution >= 0.6 is 0 Å². The third kappa shape index (κ3) is 3.76. The van der Waals surface area contributed by atoms with Crippen LogP contribution in [0.1, 0.15) is 39.4 Å². The molecule has 1 atom stereocenters. The van der Waals surface area contributed by atoms with Crippen LogP contribution in [-0.2, 0) is 4.79 Å². The largest absolute Gasteiger partial charge is 0.368 e. The molecule has 7 heteroatoms. The van der Waals surface area contributed by atoms with Gasteiger partial charge in [-0.15, -0.1) is 0 Å². The summed E-state index contributed by atoms with van der Waals surface area (Å²) in [4.78, 5) is 28.3. The second-order valence-electron chi connectivity index (χ2n) is 8.06. The molecule has 1 unspecified atom stereocenters. The van der Waals surface area contributed by atoms with Crippen LogP contribution in [0.15, 0.2) is 30.3 Å². The molecule has 5 nitrogen and oxygen atoms in total. The Balaban J connectivity index is 1.48. The monoisotopic (exact) mass is 413 g/mol. The normalized spacial score (nSPS) is 19.2. The van der Waals surface area contributed by atoms with Crippen LogP contribution in [0.3, 0.4) is 0 Å². The molecule has 0 spiro atoms. The van der Waals surface area contributed by atoms with Gasteiger partial charge in [0.15, 0.2) is 0 Å². The molecular weight excluding hydrogens is 388 g/mol. The zero-order chi connectivity index (χ0) is 21.4. The first-order valence-electron chi connectivity index (χ1n) is 10.2. The molecule has 1 N–H and O–H groups in total. The van der Waals surface area contributed by atoms with Gasteiger partial charge in [-0.05, 0) is 49.6 Å². The lowest BCUT2D eigenvalue weighted by atomic mass is 9.95. The van der Waals surface area contributed by atoms with Crippen LogP contribution in [0.25, 0.3) is 0 Å². The van der Waals surface area contributed by atoms with Gasteiger partial charge in [0.05, 0.1) is 5.92 Å². The van der Waals surface area contributed by atoms with E-state index < -0.39 is 29.0 Å². The van der Waals surface area contributed by atoms with Crippen LogP contribution in [0.2, 0.25) is 0 Å². The van der Waals surface area contributed by atoms with Crippen molar-refractivity contribution < 1.29 is 18.4 Å². The van der Waals surface area contributed by atoms with E-state index in [1.807, 2.05) is 6.92 Å². The fraction of sp³-hybridized carbons (Fsp3) is 0.391. The predicted molar refractivity (Wildman–Crippen MR) is 111 cm³/mol. The van der Waals surface area contributed by atoms with Gasteiger partial charge in [-0.1, -0.05) is 17.7 Å². The highest BCUT2D eigenvalue weighted by Gasteiger charge is 2.31. The minimum atomic E-state index is -0.911. The molecule has 2 aliphatic heterocycles. The molecule has 0 bridgehead atoms. The number of benzene rings is 2. The highest BCUT2D eigenvalue weighted by Crippen LogP contribution is 2.28. The van der Waals surface area contributed by atoms with Gasteiger partial charge >= 0.3 is 0 Å². The van der Waals surface area contributed by atoms with Crippen molar-refractivity contribution in [2.75, 3.05) is 37.6 Å². The summed E-state index contributed by atoms with van der Waals surface area (Å²) in [7, 11) is 0. The van der Waals surface area contributed by atoms with Crippen LogP contribution in [-0.4, -0.2) is 49.4 Å². The molecule has 2 amide bonds. The Hall–Kier alpha value is -2.96. The Kier molecular flexibility index (Phi) is 5.45. The Labute approximate surface area is 174 Å². The quantitative estimate of drug-likeness (QED) is 0.841. The predicted octanol–water partition coefficient (Wildman–Crippen LogP) is 3.15. The third-order valence-electron chi connectivity index (χ3n) is 5.99. The number of halogens is 2. The SMILES string of the molecule is Cc1ccc(N2CCN(C(=O)c3c(F)cc(C4CCNC4=O)cc3F)CC2)c(C)c1. The smallest absolute Gasteiger partial charge is 0.259 e. The molecule has 2 saturated heterocycles. The van der Waals surface area contributed by atoms with Crippen LogP contribution in [0.5, 0.6) is 0 Å². The van der Waals surface area contributed by atoms with E-state index in [0.29, 0.717) is 39.1 Å². The lowest BCUT2D eigenvalue weighted by Gasteiger charge is -2.37. The molecule has 0 aliphatic carbocycles. The number of nitrogens with one attached hydrogen (secondary N) is 1. The van der Waals surface area contributed by atoms with E-state index in [1.54, 1.807) is 0 Å². The third-order valence-corrected chi connectivity index (χ3v) is 5.99. The van der Waals surface area contributed by atoms with Gasteiger partial charge in [0.25, 0.3) is 5.91 Å². The van der Waals surface area contributed by atoms with Gasteiger partial charge < -0.3 is 15.1 Å². The number of hydrogen-bond acceptors (Lipinski definition) is 3. The second kappa shape index (κ2) is 8.05. The zero-order valence-electron chi connectivity index (χ0n) is 17.2. The van der Waals surface area contributed by atoms with E-state index in [9.17, 15) is 18.4 Å². The van der Waals surface area contributed by atoms with E-state index >= 15 is 0 Å². The van der Waals surface area contributed by atoms with Gasteiger partial charge in [-0.3, -0.25) is 9.59 Å². The van der Waals surface area contributed by atoms with Crippen molar-refractivity contribution >= 4 is 17.5 Å². The Morgan fingerprint density at radius 3 is 2.27 bits per heavy atom. The fourth-order valence-corrected chi connectivity index (χ4v) is 4.38. The first kappa shape index (κ1) is 20.3. The minimum absolute atomic E-state index is 0.240. The molecule has 0 aromatic heterocycles. The maximum Gasteiger partial charge on any atom is 0.259 e. The van der Waals surface area contributed by atoms with Gasteiger partial charge in [0.2, 0.25) is 5.91 Å². The van der Waals surface area contributed by atoms with Crippen molar-refractivity contribution in [2.24, 2.45) is 0 Å². The highest BCUT2D eigenvalue weighted by molar-refractivity contribution is 5.95. The van der Waals surface area contributed by atoms with Crippen molar-refractivity contribution in [2.45, 2.75) is 26.2 Å². The minimum Gasteiger partial charge on any atom is -0.368 e. The summed E-state index contributed by atoms with van der Waals surface area (Å²) >= 11 is 0. The molecule has 2 fully saturated rings. The topological polar surface area (TPSA) is 52.6 Å². The summed E-state index contributed by atoms with van der Waals surface area (Å²) in [6.07, 6.45) is 0.491. The van der Waals surface area contributed by atoms with E-state index in [0.717, 1.165) is 17.8 Å². The maximum absolute atomic E-state index is 14.7. The number of hydrogen-bond donors (Lipinski definition) is 1. The number of carbonyl (C=O) groups excluding carboxylic acids is 2. The molecule has 4 rings (SSSR count). The number of rotatable bonds is 3. The molecule has 2 aliphatic rings. The molecule has 158 valence electrons. The van der Waals surface area contributed by atoms with Gasteiger partial charge in [0, 0.05) is 38.4 Å². The summed E-state index contributed by atoms with van der Waals surface area (Å²) in [5.74, 6) is -3.28. The fourth-order valence-electron chi connectivity index (χ4n) is 4.38. The van der Waals surface area contributed by atoms with Gasteiger partial charge in [0.1, 0.15) is 17.2 Å². The zero-order valence-corrected chi connectivity index (χ0v) is 17.2. The Bertz CT molecular complexity index is 977. The number of aryl methyl sites for hydroxylation is 2. The number of piperazine rings is 1. The molecule has 2 aromatic rings. The lowest BCUT2D eigenvalue weighted by molar-refractivity contribution is -0.120. The average Bonchev–Trinajstić information content (AvgIpc) is 3.13. The summed E-state index contributed by atoms with van der Waals surface area (Å²) in [5, 5.41) is 2.66. The summed E-state index contributed by atoms with van der Waals surface area (Å²) < 4.78 is 29.4. The van der Waals surface area contributed by atoms with Crippen molar-refractivity contribution in [1.29, 1.82) is 0 Å². The number of carbonyl (C=O) groups is 2. The van der Waals surface area contributed by atoms with Crippen molar-refractivity contribution in [3.8, 4) is 0 Å². The Morgan fingerprint density at radius 2 is 1.70 bits per heavy atom. The summed E-state index contributed by atoms with van der Waals surface area (Å²) in [6, 6.07) is 8.48. The maximum atomic E-state index is 14.7. The van der Waals surface area contributed by atoms with Crippen LogP contribution in [0, 0.1) is 25.5 Å². The van der Waals surface area contributed by atoms with Crippen molar-refractivity contribution in [3.05, 3.63) is 64.2 Å². The van der Waals surface area contributed by atoms with E-state index in [-0.39, 0.29) is 11.5 Å². The van der Waals surface area contributed by atoms with E-state index in [4.69, 9.17) is 0 Å². The first-order valence-corrected chi connectivity index (χ1v) is 10.2. The molecular formula is C23H25F2N3O2. The summed E-state index contributed by atoms with van der Waals surface area (Å²) in [5.41, 5.74) is 3.20. The molecule has 30 heavy (non-hydrogen) atoms. The number of nitrogens with zero attached hydrogens (tertiary/aromatic N) is 2. The first-order chi connectivity index (χ1) is 14.3. The van der Waals surface area contributed by atoms with E-state index in [2.05, 4.69) is 35.3 Å². The van der Waals surface area contributed by atoms with Crippen molar-refractivity contribution in [1.82, 2.24) is 10.2 Å². The molecule has 0 saturated carbocycles. The van der Waals surface area contributed by atoms with Crippen molar-refractivity contribution in [3.63, 3.8) is 0 Å². The summed E-state index contributed by atoms with van der Waals surface area (Å²) in [6.45, 7) is 6.55. The van der Waals surface area contributed by atoms with E-state index in [1.165, 1.54) is 16.0 Å². The second-order valence-corrected chi connectivity index (χ2v) is 8.06. The Morgan fingerprint density at radius 1 is 1.03 bits per heavy atom. The van der Waals surface area contributed by atoms with Crippen LogP contribution < -0.4 is 10.2 Å². The molecule has 0 radical (unpaired) electrons. The van der Waals surface area contributed by atoms with Crippen LogP contribution in [0.4, 0.5) is 14.5 Å². The van der Waals surface area contributed by atoms with Gasteiger partial charge in [-0.25, -0.2) is 8.78 Å². The molecule has 2 aromatic carbocycles. The standard InChI is InChI=1S/C23H25F2N3O2/c1-14-3-4-20(15(2)11-14)27-7-9-28(10-8-27)23(30)21-18(24)12-16(13-19(21)25)17-5-6-26-22(17)29/h3-4,11-13,17H,5-10H2,1-2H3,(H,26,29). The number of anilines is 1. The number of amides is 2. The average molecular weight is 413 g/mol.